The molecule has 2 aliphatic heterocycles. The van der Waals surface area contributed by atoms with Crippen molar-refractivity contribution in [3.05, 3.63) is 22.4 Å². The van der Waals surface area contributed by atoms with E-state index in [-0.39, 0.29) is 5.76 Å². The van der Waals surface area contributed by atoms with Gasteiger partial charge >= 0.3 is 5.97 Å². The van der Waals surface area contributed by atoms with Crippen molar-refractivity contribution >= 4 is 23.6 Å². The molecule has 2 aliphatic rings. The number of nitrogens with zero attached hydrogens (tertiary/aromatic N) is 1. The molecule has 0 radical (unpaired) electrons. The lowest BCUT2D eigenvalue weighted by Gasteiger charge is -2.28. The smallest absolute Gasteiger partial charge is 0.323 e. The van der Waals surface area contributed by atoms with Gasteiger partial charge < -0.3 is 15.1 Å². The van der Waals surface area contributed by atoms with Crippen molar-refractivity contribution in [2.24, 2.45) is 5.92 Å². The number of thioether (sulfide) groups is 1. The number of hydrogen-bond donors (Lipinski definition) is 2. The van der Waals surface area contributed by atoms with E-state index in [1.54, 1.807) is 5.41 Å². The van der Waals surface area contributed by atoms with Gasteiger partial charge in [-0.1, -0.05) is 0 Å². The number of rotatable bonds is 1. The lowest BCUT2D eigenvalue weighted by Crippen LogP contribution is -2.42. The fraction of sp³-hybridized carbons (Fsp3) is 0.333. The number of hydrogen-bond acceptors (Lipinski definition) is 4. The molecule has 15 heavy (non-hydrogen) atoms. The van der Waals surface area contributed by atoms with Gasteiger partial charge in [-0.05, 0) is 5.41 Å². The number of aliphatic hydroxyl groups is 1. The van der Waals surface area contributed by atoms with E-state index in [9.17, 15) is 14.7 Å². The van der Waals surface area contributed by atoms with E-state index >= 15 is 0 Å². The van der Waals surface area contributed by atoms with Gasteiger partial charge in [0, 0.05) is 18.4 Å². The van der Waals surface area contributed by atoms with Crippen molar-refractivity contribution in [1.82, 2.24) is 4.90 Å². The van der Waals surface area contributed by atoms with Gasteiger partial charge in [-0.15, -0.1) is 11.8 Å². The highest BCUT2D eigenvalue weighted by Crippen LogP contribution is 2.37. The lowest BCUT2D eigenvalue weighted by molar-refractivity contribution is -0.149. The molecule has 0 aromatic rings. The van der Waals surface area contributed by atoms with Gasteiger partial charge in [-0.3, -0.25) is 9.59 Å². The molecule has 0 aliphatic carbocycles. The predicted molar refractivity (Wildman–Crippen MR) is 54.1 cm³/mol. The van der Waals surface area contributed by atoms with Gasteiger partial charge in [0.25, 0.3) is 0 Å². The van der Waals surface area contributed by atoms with Gasteiger partial charge in [0.15, 0.2) is 5.92 Å². The van der Waals surface area contributed by atoms with E-state index in [2.05, 4.69) is 0 Å². The Balaban J connectivity index is 2.54. The molecule has 0 saturated heterocycles. The molecule has 0 bridgehead atoms. The number of carbonyl (C=O) groups is 2. The first-order valence-electron chi connectivity index (χ1n) is 4.28. The lowest BCUT2D eigenvalue weighted by atomic mass is 9.95. The number of aliphatic carboxylic acids is 1. The summed E-state index contributed by atoms with van der Waals surface area (Å²) in [6.45, 7) is 0. The third-order valence-electron chi connectivity index (χ3n) is 2.50. The number of allylic oxidation sites excluding steroid dienone is 1. The van der Waals surface area contributed by atoms with Crippen LogP contribution in [-0.4, -0.2) is 39.8 Å². The van der Waals surface area contributed by atoms with Crippen molar-refractivity contribution in [1.29, 1.82) is 0 Å². The Morgan fingerprint density at radius 2 is 2.33 bits per heavy atom. The van der Waals surface area contributed by atoms with Gasteiger partial charge in [0.2, 0.25) is 5.91 Å². The van der Waals surface area contributed by atoms with Crippen LogP contribution in [0.3, 0.4) is 0 Å². The average Bonchev–Trinajstić information content (AvgIpc) is 2.62. The average molecular weight is 227 g/mol. The van der Waals surface area contributed by atoms with Crippen LogP contribution in [0.15, 0.2) is 22.4 Å². The Kier molecular flexibility index (Phi) is 2.22. The molecule has 5 nitrogen and oxygen atoms in total. The first kappa shape index (κ1) is 10.1. The fourth-order valence-corrected chi connectivity index (χ4v) is 2.67. The second kappa shape index (κ2) is 3.30. The van der Waals surface area contributed by atoms with Gasteiger partial charge in [-0.2, -0.15) is 0 Å². The minimum absolute atomic E-state index is 0.318. The Bertz CT molecular complexity index is 412. The summed E-state index contributed by atoms with van der Waals surface area (Å²) >= 11 is 1.44. The first-order valence-corrected chi connectivity index (χ1v) is 5.33. The summed E-state index contributed by atoms with van der Waals surface area (Å²) in [7, 11) is 1.52. The number of likely N-dealkylation sites (N-methyl/N-ethyl adjacent to an activating group) is 1. The summed E-state index contributed by atoms with van der Waals surface area (Å²) in [5, 5.41) is 20.3. The third-order valence-corrected chi connectivity index (χ3v) is 3.35. The minimum atomic E-state index is -1.44. The normalized spacial score (nSPS) is 25.4. The van der Waals surface area contributed by atoms with Crippen molar-refractivity contribution in [3.63, 3.8) is 0 Å². The second-order valence-corrected chi connectivity index (χ2v) is 4.20. The summed E-state index contributed by atoms with van der Waals surface area (Å²) in [4.78, 5) is 23.7. The highest BCUT2D eigenvalue weighted by molar-refractivity contribution is 8.02. The Hall–Kier alpha value is -1.43. The number of carbonyl (C=O) groups excluding carboxylic acids is 1. The molecule has 0 aromatic heterocycles. The fourth-order valence-electron chi connectivity index (χ4n) is 1.66. The maximum Gasteiger partial charge on any atom is 0.323 e. The van der Waals surface area contributed by atoms with Crippen molar-refractivity contribution in [3.8, 4) is 0 Å². The van der Waals surface area contributed by atoms with Crippen molar-refractivity contribution in [2.45, 2.75) is 0 Å². The van der Waals surface area contributed by atoms with E-state index in [0.29, 0.717) is 17.0 Å². The summed E-state index contributed by atoms with van der Waals surface area (Å²) in [5.74, 6) is -3.16. The Morgan fingerprint density at radius 1 is 1.67 bits per heavy atom. The topological polar surface area (TPSA) is 77.8 Å². The SMILES string of the molecule is CN1C(=O)C(C(=O)O)C(O)=C2CSC=C21. The molecular formula is C9H9NO4S. The summed E-state index contributed by atoms with van der Waals surface area (Å²) < 4.78 is 0. The van der Waals surface area contributed by atoms with Crippen LogP contribution in [0.1, 0.15) is 0 Å². The van der Waals surface area contributed by atoms with E-state index < -0.39 is 17.8 Å². The first-order chi connectivity index (χ1) is 7.04. The molecule has 0 saturated carbocycles. The van der Waals surface area contributed by atoms with Gasteiger partial charge in [-0.25, -0.2) is 0 Å². The van der Waals surface area contributed by atoms with E-state index in [1.807, 2.05) is 0 Å². The molecular weight excluding hydrogens is 218 g/mol. The zero-order valence-electron chi connectivity index (χ0n) is 7.93. The highest BCUT2D eigenvalue weighted by Gasteiger charge is 2.42. The van der Waals surface area contributed by atoms with Crippen LogP contribution in [0.2, 0.25) is 0 Å². The quantitative estimate of drug-likeness (QED) is 0.640. The zero-order valence-corrected chi connectivity index (χ0v) is 8.74. The monoisotopic (exact) mass is 227 g/mol. The van der Waals surface area contributed by atoms with Crippen LogP contribution in [0.5, 0.6) is 0 Å². The predicted octanol–water partition coefficient (Wildman–Crippen LogP) is 0.559. The minimum Gasteiger partial charge on any atom is -0.510 e. The van der Waals surface area contributed by atoms with Gasteiger partial charge in [0.1, 0.15) is 5.76 Å². The molecule has 2 rings (SSSR count). The standard InChI is InChI=1S/C9H9NO4S/c1-10-5-3-15-2-4(5)7(11)6(8(10)12)9(13)14/h3,6,11H,2H2,1H3,(H,13,14). The van der Waals surface area contributed by atoms with E-state index in [4.69, 9.17) is 5.11 Å². The van der Waals surface area contributed by atoms with E-state index in [0.717, 1.165) is 0 Å². The molecule has 1 atom stereocenters. The number of fused-ring (bicyclic) bond motifs is 1. The van der Waals surface area contributed by atoms with Crippen LogP contribution in [0.4, 0.5) is 0 Å². The molecule has 0 aromatic carbocycles. The van der Waals surface area contributed by atoms with Crippen LogP contribution < -0.4 is 0 Å². The second-order valence-electron chi connectivity index (χ2n) is 3.35. The molecule has 0 spiro atoms. The van der Waals surface area contributed by atoms with Crippen molar-refractivity contribution in [2.75, 3.05) is 12.8 Å². The van der Waals surface area contributed by atoms with Crippen LogP contribution in [0, 0.1) is 5.92 Å². The summed E-state index contributed by atoms with van der Waals surface area (Å²) in [6.07, 6.45) is 0. The summed E-state index contributed by atoms with van der Waals surface area (Å²) in [5.41, 5.74) is 1.16. The third kappa shape index (κ3) is 1.32. The van der Waals surface area contributed by atoms with Crippen LogP contribution in [-0.2, 0) is 9.59 Å². The maximum atomic E-state index is 11.6. The molecule has 1 unspecified atom stereocenters. The largest absolute Gasteiger partial charge is 0.510 e. The molecule has 80 valence electrons. The molecule has 2 heterocycles. The molecule has 6 heteroatoms. The highest BCUT2D eigenvalue weighted by atomic mass is 32.2. The molecule has 0 fully saturated rings. The number of amides is 1. The number of carboxylic acid groups (broad SMARTS) is 1. The molecule has 2 N–H and O–H groups in total. The van der Waals surface area contributed by atoms with Crippen molar-refractivity contribution < 1.29 is 19.8 Å². The van der Waals surface area contributed by atoms with Crippen LogP contribution >= 0.6 is 11.8 Å². The Labute approximate surface area is 90.1 Å². The van der Waals surface area contributed by atoms with E-state index in [1.165, 1.54) is 23.7 Å². The number of carboxylic acids is 1. The Morgan fingerprint density at radius 3 is 2.93 bits per heavy atom. The zero-order chi connectivity index (χ0) is 11.2. The van der Waals surface area contributed by atoms with Gasteiger partial charge in [0.05, 0.1) is 5.70 Å². The molecule has 1 amide bonds. The maximum absolute atomic E-state index is 11.6. The summed E-state index contributed by atoms with van der Waals surface area (Å²) in [6, 6.07) is 0. The van der Waals surface area contributed by atoms with Crippen LogP contribution in [0.25, 0.3) is 0 Å². The number of aliphatic hydroxyl groups excluding tert-OH is 1.